The van der Waals surface area contributed by atoms with Crippen LogP contribution in [0.15, 0.2) is 0 Å². The summed E-state index contributed by atoms with van der Waals surface area (Å²) in [6, 6.07) is -0.297. The first kappa shape index (κ1) is 13.3. The maximum absolute atomic E-state index is 12.0. The van der Waals surface area contributed by atoms with Gasteiger partial charge in [-0.25, -0.2) is 4.79 Å². The van der Waals surface area contributed by atoms with Gasteiger partial charge in [0.1, 0.15) is 6.54 Å². The highest BCUT2D eigenvalue weighted by Gasteiger charge is 2.22. The molecule has 6 nitrogen and oxygen atoms in total. The number of carboxylic acids is 1. The molecule has 0 radical (unpaired) electrons. The molecule has 94 valence electrons. The third kappa shape index (κ3) is 4.33. The minimum atomic E-state index is -1.05. The number of rotatable bonds is 3. The summed E-state index contributed by atoms with van der Waals surface area (Å²) in [6.45, 7) is 2.48. The molecule has 0 aliphatic carbocycles. The molecule has 2 amide bonds. The molecule has 1 saturated heterocycles. The molecule has 17 heavy (non-hydrogen) atoms. The topological polar surface area (TPSA) is 72.9 Å². The third-order valence-corrected chi connectivity index (χ3v) is 2.49. The molecule has 0 aromatic rings. The maximum Gasteiger partial charge on any atom is 0.323 e. The van der Waals surface area contributed by atoms with Crippen LogP contribution in [0.1, 0.15) is 6.42 Å². The number of carboxylic acid groups (broad SMARTS) is 1. The quantitative estimate of drug-likeness (QED) is 0.646. The molecule has 0 unspecified atom stereocenters. The fourth-order valence-electron chi connectivity index (χ4n) is 1.70. The Bertz CT molecular complexity index is 316. The van der Waals surface area contributed by atoms with Crippen LogP contribution in [-0.4, -0.2) is 66.2 Å². The summed E-state index contributed by atoms with van der Waals surface area (Å²) in [7, 11) is 0. The Morgan fingerprint density at radius 3 is 2.82 bits per heavy atom. The van der Waals surface area contributed by atoms with E-state index in [-0.39, 0.29) is 19.1 Å². The zero-order valence-electron chi connectivity index (χ0n) is 9.69. The summed E-state index contributed by atoms with van der Waals surface area (Å²) in [5.41, 5.74) is 0. The largest absolute Gasteiger partial charge is 0.480 e. The van der Waals surface area contributed by atoms with E-state index >= 15 is 0 Å². The highest BCUT2D eigenvalue weighted by atomic mass is 16.4. The molecular weight excluding hydrogens is 222 g/mol. The summed E-state index contributed by atoms with van der Waals surface area (Å²) in [5, 5.41) is 11.9. The Morgan fingerprint density at radius 1 is 1.41 bits per heavy atom. The van der Waals surface area contributed by atoms with Crippen LogP contribution >= 0.6 is 0 Å². The molecule has 1 rings (SSSR count). The number of terminal acetylenes is 1. The van der Waals surface area contributed by atoms with E-state index in [1.54, 1.807) is 4.90 Å². The molecule has 1 heterocycles. The highest BCUT2D eigenvalue weighted by molar-refractivity contribution is 5.80. The van der Waals surface area contributed by atoms with Gasteiger partial charge in [0.15, 0.2) is 0 Å². The van der Waals surface area contributed by atoms with Gasteiger partial charge in [0.05, 0.1) is 6.54 Å². The number of amides is 2. The fourth-order valence-corrected chi connectivity index (χ4v) is 1.70. The lowest BCUT2D eigenvalue weighted by Crippen LogP contribution is -2.46. The number of hydrogen-bond acceptors (Lipinski definition) is 3. The van der Waals surface area contributed by atoms with E-state index in [4.69, 9.17) is 11.5 Å². The van der Waals surface area contributed by atoms with Crippen molar-refractivity contribution in [2.24, 2.45) is 0 Å². The van der Waals surface area contributed by atoms with Gasteiger partial charge in [-0.3, -0.25) is 4.79 Å². The molecule has 0 atom stereocenters. The van der Waals surface area contributed by atoms with Crippen molar-refractivity contribution in [1.29, 1.82) is 0 Å². The van der Waals surface area contributed by atoms with Gasteiger partial charge in [0.2, 0.25) is 0 Å². The van der Waals surface area contributed by atoms with Gasteiger partial charge in [-0.1, -0.05) is 5.92 Å². The first-order chi connectivity index (χ1) is 8.15. The number of hydrogen-bond donors (Lipinski definition) is 2. The molecule has 0 aromatic heterocycles. The molecule has 0 aromatic carbocycles. The molecule has 2 N–H and O–H groups in total. The fraction of sp³-hybridized carbons (Fsp3) is 0.636. The Kier molecular flexibility index (Phi) is 5.30. The van der Waals surface area contributed by atoms with Gasteiger partial charge in [0, 0.05) is 19.6 Å². The van der Waals surface area contributed by atoms with Gasteiger partial charge in [-0.05, 0) is 13.0 Å². The summed E-state index contributed by atoms with van der Waals surface area (Å²) in [6.07, 6.45) is 6.00. The second-order valence-corrected chi connectivity index (χ2v) is 3.83. The Balaban J connectivity index is 2.61. The minimum Gasteiger partial charge on any atom is -0.480 e. The summed E-state index contributed by atoms with van der Waals surface area (Å²) < 4.78 is 0. The van der Waals surface area contributed by atoms with Crippen LogP contribution in [0, 0.1) is 12.3 Å². The average Bonchev–Trinajstić information content (AvgIpc) is 2.55. The van der Waals surface area contributed by atoms with Crippen LogP contribution in [0.5, 0.6) is 0 Å². The average molecular weight is 239 g/mol. The van der Waals surface area contributed by atoms with Crippen molar-refractivity contribution in [2.45, 2.75) is 6.42 Å². The lowest BCUT2D eigenvalue weighted by atomic mass is 10.4. The highest BCUT2D eigenvalue weighted by Crippen LogP contribution is 2.02. The monoisotopic (exact) mass is 239 g/mol. The second kappa shape index (κ2) is 6.76. The molecule has 0 spiro atoms. The van der Waals surface area contributed by atoms with E-state index in [2.05, 4.69) is 11.2 Å². The normalized spacial score (nSPS) is 15.8. The van der Waals surface area contributed by atoms with Crippen molar-refractivity contribution < 1.29 is 14.7 Å². The van der Waals surface area contributed by atoms with Crippen LogP contribution in [-0.2, 0) is 4.79 Å². The Labute approximate surface area is 101 Å². The number of carbonyl (C=O) groups is 2. The third-order valence-electron chi connectivity index (χ3n) is 2.49. The second-order valence-electron chi connectivity index (χ2n) is 3.83. The first-order valence-electron chi connectivity index (χ1n) is 5.55. The van der Waals surface area contributed by atoms with E-state index in [9.17, 15) is 9.59 Å². The van der Waals surface area contributed by atoms with Crippen LogP contribution in [0.3, 0.4) is 0 Å². The van der Waals surface area contributed by atoms with Crippen molar-refractivity contribution in [3.63, 3.8) is 0 Å². The van der Waals surface area contributed by atoms with Crippen molar-refractivity contribution in [3.8, 4) is 12.3 Å². The van der Waals surface area contributed by atoms with E-state index in [0.29, 0.717) is 13.1 Å². The molecular formula is C11H17N3O3. The Morgan fingerprint density at radius 2 is 2.18 bits per heavy atom. The standard InChI is InChI=1S/C11H17N3O3/c1-2-6-14(9-10(15)16)11(17)13-7-3-4-12-5-8-13/h1,12H,3-9H2,(H,15,16). The molecule has 6 heteroatoms. The smallest absolute Gasteiger partial charge is 0.323 e. The van der Waals surface area contributed by atoms with E-state index in [0.717, 1.165) is 19.5 Å². The van der Waals surface area contributed by atoms with Crippen LogP contribution < -0.4 is 5.32 Å². The van der Waals surface area contributed by atoms with Gasteiger partial charge >= 0.3 is 12.0 Å². The number of urea groups is 1. The van der Waals surface area contributed by atoms with Gasteiger partial charge in [-0.2, -0.15) is 0 Å². The number of carbonyl (C=O) groups excluding carboxylic acids is 1. The molecule has 0 saturated carbocycles. The van der Waals surface area contributed by atoms with Crippen LogP contribution in [0.25, 0.3) is 0 Å². The van der Waals surface area contributed by atoms with Crippen molar-refractivity contribution in [3.05, 3.63) is 0 Å². The maximum atomic E-state index is 12.0. The first-order valence-corrected chi connectivity index (χ1v) is 5.55. The lowest BCUT2D eigenvalue weighted by molar-refractivity contribution is -0.137. The number of nitrogens with zero attached hydrogens (tertiary/aromatic N) is 2. The Hall–Kier alpha value is -1.74. The number of nitrogens with one attached hydrogen (secondary N) is 1. The summed E-state index contributed by atoms with van der Waals surface area (Å²) >= 11 is 0. The predicted molar refractivity (Wildman–Crippen MR) is 62.5 cm³/mol. The summed E-state index contributed by atoms with van der Waals surface area (Å²) in [4.78, 5) is 25.5. The van der Waals surface area contributed by atoms with E-state index < -0.39 is 5.97 Å². The SMILES string of the molecule is C#CCN(CC(=O)O)C(=O)N1CCCNCC1. The van der Waals surface area contributed by atoms with Crippen molar-refractivity contribution in [2.75, 3.05) is 39.3 Å². The lowest BCUT2D eigenvalue weighted by Gasteiger charge is -2.27. The van der Waals surface area contributed by atoms with Crippen LogP contribution in [0.4, 0.5) is 4.79 Å². The van der Waals surface area contributed by atoms with Crippen molar-refractivity contribution in [1.82, 2.24) is 15.1 Å². The van der Waals surface area contributed by atoms with Crippen molar-refractivity contribution >= 4 is 12.0 Å². The van der Waals surface area contributed by atoms with Gasteiger partial charge in [0.25, 0.3) is 0 Å². The zero-order valence-corrected chi connectivity index (χ0v) is 9.69. The molecule has 1 aliphatic rings. The number of aliphatic carboxylic acids is 1. The van der Waals surface area contributed by atoms with Crippen LogP contribution in [0.2, 0.25) is 0 Å². The zero-order chi connectivity index (χ0) is 12.7. The van der Waals surface area contributed by atoms with E-state index in [1.165, 1.54) is 4.90 Å². The van der Waals surface area contributed by atoms with Gasteiger partial charge < -0.3 is 20.2 Å². The van der Waals surface area contributed by atoms with E-state index in [1.807, 2.05) is 0 Å². The molecule has 0 bridgehead atoms. The molecule has 1 aliphatic heterocycles. The minimum absolute atomic E-state index is 0.0229. The van der Waals surface area contributed by atoms with Gasteiger partial charge in [-0.15, -0.1) is 6.42 Å². The predicted octanol–water partition coefficient (Wildman–Crippen LogP) is -0.578. The molecule has 1 fully saturated rings. The summed E-state index contributed by atoms with van der Waals surface area (Å²) in [5.74, 6) is 1.25.